The molecule has 0 aromatic carbocycles. The largest absolute Gasteiger partial charge is 0.103 e. The van der Waals surface area contributed by atoms with Gasteiger partial charge < -0.3 is 0 Å². The first-order chi connectivity index (χ1) is 5.40. The molecule has 58 valence electrons. The van der Waals surface area contributed by atoms with E-state index in [2.05, 4.69) is 31.6 Å². The van der Waals surface area contributed by atoms with Crippen molar-refractivity contribution in [3.8, 4) is 0 Å². The topological polar surface area (TPSA) is 0 Å². The number of hydrogen-bond donors (Lipinski definition) is 0. The molecule has 0 nitrogen and oxygen atoms in total. The molecule has 2 unspecified atom stereocenters. The van der Waals surface area contributed by atoms with Crippen LogP contribution in [0.5, 0.6) is 0 Å². The van der Waals surface area contributed by atoms with E-state index in [9.17, 15) is 0 Å². The maximum absolute atomic E-state index is 3.80. The Morgan fingerprint density at radius 1 is 1.55 bits per heavy atom. The molecule has 2 rings (SSSR count). The van der Waals surface area contributed by atoms with Crippen molar-refractivity contribution in [1.82, 2.24) is 0 Å². The molecule has 0 aliphatic heterocycles. The Kier molecular flexibility index (Phi) is 1.69. The fourth-order valence-corrected chi connectivity index (χ4v) is 1.66. The van der Waals surface area contributed by atoms with Crippen molar-refractivity contribution in [1.29, 1.82) is 0 Å². The second-order valence-electron chi connectivity index (χ2n) is 3.45. The Morgan fingerprint density at radius 2 is 2.45 bits per heavy atom. The normalized spacial score (nSPS) is 34.0. The molecule has 0 saturated heterocycles. The van der Waals surface area contributed by atoms with Crippen molar-refractivity contribution in [2.45, 2.75) is 19.3 Å². The van der Waals surface area contributed by atoms with Crippen molar-refractivity contribution < 1.29 is 0 Å². The molecule has 11 heavy (non-hydrogen) atoms. The first-order valence-corrected chi connectivity index (χ1v) is 4.41. The minimum absolute atomic E-state index is 0.782. The highest BCUT2D eigenvalue weighted by molar-refractivity contribution is 5.30. The van der Waals surface area contributed by atoms with E-state index in [1.165, 1.54) is 24.8 Å². The van der Waals surface area contributed by atoms with Gasteiger partial charge in [-0.1, -0.05) is 25.0 Å². The average molecular weight is 146 g/mol. The summed E-state index contributed by atoms with van der Waals surface area (Å²) in [6.45, 7) is 3.80. The lowest BCUT2D eigenvalue weighted by Crippen LogP contribution is -1.77. The second kappa shape index (κ2) is 2.69. The van der Waals surface area contributed by atoms with Crippen LogP contribution in [0.15, 0.2) is 24.3 Å². The van der Waals surface area contributed by atoms with Crippen molar-refractivity contribution in [2.75, 3.05) is 0 Å². The number of rotatable bonds is 2. The van der Waals surface area contributed by atoms with Gasteiger partial charge >= 0.3 is 0 Å². The third-order valence-corrected chi connectivity index (χ3v) is 2.53. The van der Waals surface area contributed by atoms with Crippen LogP contribution in [0, 0.1) is 24.7 Å². The van der Waals surface area contributed by atoms with Crippen LogP contribution in [0.25, 0.3) is 0 Å². The van der Waals surface area contributed by atoms with E-state index in [-0.39, 0.29) is 0 Å². The Labute approximate surface area is 69.0 Å². The van der Waals surface area contributed by atoms with Crippen LogP contribution in [0.2, 0.25) is 0 Å². The summed E-state index contributed by atoms with van der Waals surface area (Å²) in [5, 5.41) is 0. The van der Waals surface area contributed by atoms with Crippen molar-refractivity contribution in [3.05, 3.63) is 37.1 Å². The van der Waals surface area contributed by atoms with E-state index < -0.39 is 0 Å². The van der Waals surface area contributed by atoms with E-state index in [0.717, 1.165) is 11.8 Å². The summed E-state index contributed by atoms with van der Waals surface area (Å²) in [6, 6.07) is 0. The average Bonchev–Trinajstić information content (AvgIpc) is 2.54. The standard InChI is InChI=1S/C11H14/c1-2-10-8-11(10)7-9-5-3-4-6-9/h2,5-7,10-11H,1,3-4,8H2. The Balaban J connectivity index is 1.89. The molecule has 2 aliphatic carbocycles. The lowest BCUT2D eigenvalue weighted by molar-refractivity contribution is 0.989. The van der Waals surface area contributed by atoms with Crippen molar-refractivity contribution in [3.63, 3.8) is 0 Å². The predicted molar refractivity (Wildman–Crippen MR) is 47.7 cm³/mol. The zero-order chi connectivity index (χ0) is 7.68. The summed E-state index contributed by atoms with van der Waals surface area (Å²) in [6.07, 6.45) is 13.0. The van der Waals surface area contributed by atoms with Gasteiger partial charge in [-0.05, 0) is 36.7 Å². The van der Waals surface area contributed by atoms with Crippen LogP contribution in [0.3, 0.4) is 0 Å². The minimum atomic E-state index is 0.782. The van der Waals surface area contributed by atoms with E-state index in [1.807, 2.05) is 0 Å². The molecule has 2 atom stereocenters. The molecule has 0 aromatic heterocycles. The van der Waals surface area contributed by atoms with E-state index in [1.54, 1.807) is 0 Å². The molecule has 2 aliphatic rings. The zero-order valence-corrected chi connectivity index (χ0v) is 6.79. The Morgan fingerprint density at radius 3 is 3.00 bits per heavy atom. The van der Waals surface area contributed by atoms with Crippen LogP contribution in [0.4, 0.5) is 0 Å². The van der Waals surface area contributed by atoms with Gasteiger partial charge in [-0.25, -0.2) is 0 Å². The number of allylic oxidation sites excluding steroid dienone is 3. The number of hydrogen-bond acceptors (Lipinski definition) is 0. The first kappa shape index (κ1) is 6.90. The highest BCUT2D eigenvalue weighted by atomic mass is 14.4. The van der Waals surface area contributed by atoms with Gasteiger partial charge in [0.05, 0.1) is 0 Å². The van der Waals surface area contributed by atoms with Crippen LogP contribution < -0.4 is 0 Å². The molecule has 0 N–H and O–H groups in total. The van der Waals surface area contributed by atoms with Gasteiger partial charge in [0.1, 0.15) is 0 Å². The van der Waals surface area contributed by atoms with Gasteiger partial charge in [-0.15, -0.1) is 6.58 Å². The summed E-state index contributed by atoms with van der Waals surface area (Å²) >= 11 is 0. The van der Waals surface area contributed by atoms with E-state index in [0.29, 0.717) is 0 Å². The molecular formula is C11H14. The second-order valence-corrected chi connectivity index (χ2v) is 3.45. The fourth-order valence-electron chi connectivity index (χ4n) is 1.66. The van der Waals surface area contributed by atoms with Gasteiger partial charge in [0.2, 0.25) is 0 Å². The molecule has 0 aromatic rings. The monoisotopic (exact) mass is 146 g/mol. The summed E-state index contributed by atoms with van der Waals surface area (Å²) in [5.74, 6) is 1.60. The molecule has 0 amide bonds. The zero-order valence-electron chi connectivity index (χ0n) is 6.79. The lowest BCUT2D eigenvalue weighted by atomic mass is 10.1. The summed E-state index contributed by atoms with van der Waals surface area (Å²) < 4.78 is 0. The molecule has 0 spiro atoms. The van der Waals surface area contributed by atoms with Crippen LogP contribution >= 0.6 is 0 Å². The molecule has 0 heterocycles. The first-order valence-electron chi connectivity index (χ1n) is 4.41. The Bertz CT molecular complexity index is 180. The van der Waals surface area contributed by atoms with Crippen LogP contribution in [-0.4, -0.2) is 0 Å². The smallest absolute Gasteiger partial charge is 0.0156 e. The Hall–Kier alpha value is -0.780. The van der Waals surface area contributed by atoms with Gasteiger partial charge in [0.25, 0.3) is 0 Å². The molecule has 2 fully saturated rings. The van der Waals surface area contributed by atoms with Gasteiger partial charge in [-0.2, -0.15) is 0 Å². The van der Waals surface area contributed by atoms with Crippen LogP contribution in [-0.2, 0) is 0 Å². The molecule has 2 saturated carbocycles. The maximum Gasteiger partial charge on any atom is -0.0156 e. The third kappa shape index (κ3) is 1.45. The van der Waals surface area contributed by atoms with Crippen LogP contribution in [0.1, 0.15) is 19.3 Å². The highest BCUT2D eigenvalue weighted by Gasteiger charge is 2.32. The third-order valence-electron chi connectivity index (χ3n) is 2.53. The van der Waals surface area contributed by atoms with E-state index in [4.69, 9.17) is 0 Å². The van der Waals surface area contributed by atoms with Gasteiger partial charge in [-0.3, -0.25) is 0 Å². The van der Waals surface area contributed by atoms with Crippen molar-refractivity contribution in [2.24, 2.45) is 11.8 Å². The predicted octanol–water partition coefficient (Wildman–Crippen LogP) is 2.94. The van der Waals surface area contributed by atoms with Gasteiger partial charge in [0, 0.05) is 0 Å². The quantitative estimate of drug-likeness (QED) is 0.415. The molecule has 0 radical (unpaired) electrons. The maximum atomic E-state index is 3.80. The van der Waals surface area contributed by atoms with Crippen molar-refractivity contribution >= 4 is 0 Å². The summed E-state index contributed by atoms with van der Waals surface area (Å²) in [4.78, 5) is 0. The highest BCUT2D eigenvalue weighted by Crippen LogP contribution is 2.42. The molecular weight excluding hydrogens is 132 g/mol. The summed E-state index contributed by atoms with van der Waals surface area (Å²) in [7, 11) is 0. The SMILES string of the molecule is C=CC1CC1C=C1[CH+]CC[CH-]1. The fraction of sp³-hybridized carbons (Fsp3) is 0.455. The van der Waals surface area contributed by atoms with E-state index >= 15 is 0 Å². The van der Waals surface area contributed by atoms with Gasteiger partial charge in [0.15, 0.2) is 0 Å². The lowest BCUT2D eigenvalue weighted by Gasteiger charge is -1.92. The summed E-state index contributed by atoms with van der Waals surface area (Å²) in [5.41, 5.74) is 1.47. The molecule has 0 bridgehead atoms. The minimum Gasteiger partial charge on any atom is -0.103 e. The molecule has 0 heteroatoms.